The molecule has 0 saturated carbocycles. The molecular weight excluding hydrogens is 296 g/mol. The average molecular weight is 312 g/mol. The Bertz CT molecular complexity index is 646. The highest BCUT2D eigenvalue weighted by atomic mass is 32.2. The number of nitrogens with one attached hydrogen (secondary N) is 1. The maximum absolute atomic E-state index is 12.6. The van der Waals surface area contributed by atoms with E-state index in [0.717, 1.165) is 18.4 Å². The van der Waals surface area contributed by atoms with Crippen LogP contribution in [0.3, 0.4) is 0 Å². The topological polar surface area (TPSA) is 79.9 Å². The van der Waals surface area contributed by atoms with Gasteiger partial charge in [0.1, 0.15) is 6.04 Å². The van der Waals surface area contributed by atoms with E-state index in [9.17, 15) is 4.79 Å². The van der Waals surface area contributed by atoms with Gasteiger partial charge >= 0.3 is 0 Å². The van der Waals surface area contributed by atoms with Crippen LogP contribution in [0.15, 0.2) is 24.3 Å². The average Bonchev–Trinajstić information content (AvgIpc) is 3.23. The number of carbonyl (C=O) groups is 1. The van der Waals surface area contributed by atoms with Gasteiger partial charge in [-0.2, -0.15) is 10.5 Å². The Morgan fingerprint density at radius 3 is 2.77 bits per heavy atom. The molecule has 0 aromatic heterocycles. The zero-order valence-corrected chi connectivity index (χ0v) is 12.8. The molecule has 0 radical (unpaired) electrons. The Balaban J connectivity index is 1.65. The number of carbonyl (C=O) groups excluding carboxylic acids is 1. The van der Waals surface area contributed by atoms with E-state index in [1.165, 1.54) is 0 Å². The summed E-state index contributed by atoms with van der Waals surface area (Å²) in [4.78, 5) is 14.3. The first-order valence-corrected chi connectivity index (χ1v) is 8.35. The van der Waals surface area contributed by atoms with E-state index in [4.69, 9.17) is 10.5 Å². The van der Waals surface area contributed by atoms with E-state index in [0.29, 0.717) is 17.9 Å². The fourth-order valence-electron chi connectivity index (χ4n) is 2.90. The Morgan fingerprint density at radius 2 is 2.09 bits per heavy atom. The molecule has 2 aliphatic heterocycles. The lowest BCUT2D eigenvalue weighted by atomic mass is 10.1. The largest absolute Gasteiger partial charge is 0.325 e. The van der Waals surface area contributed by atoms with Crippen LogP contribution >= 0.6 is 11.8 Å². The molecule has 1 unspecified atom stereocenters. The van der Waals surface area contributed by atoms with Crippen molar-refractivity contribution in [2.75, 3.05) is 12.3 Å². The smallest absolute Gasteiger partial charge is 0.241 e. The van der Waals surface area contributed by atoms with Gasteiger partial charge in [-0.1, -0.05) is 12.1 Å². The van der Waals surface area contributed by atoms with Crippen molar-refractivity contribution in [3.63, 3.8) is 0 Å². The second kappa shape index (κ2) is 6.39. The fourth-order valence-corrected chi connectivity index (χ4v) is 4.14. The van der Waals surface area contributed by atoms with Crippen LogP contribution in [-0.4, -0.2) is 35.2 Å². The fraction of sp³-hybridized carbons (Fsp3) is 0.438. The summed E-state index contributed by atoms with van der Waals surface area (Å²) in [5.41, 5.74) is 1.70. The lowest BCUT2D eigenvalue weighted by Crippen LogP contribution is -2.46. The summed E-state index contributed by atoms with van der Waals surface area (Å²) in [7, 11) is 0. The predicted molar refractivity (Wildman–Crippen MR) is 83.6 cm³/mol. The van der Waals surface area contributed by atoms with Gasteiger partial charge in [0.15, 0.2) is 0 Å². The number of hydrogen-bond acceptors (Lipinski definition) is 5. The molecule has 2 heterocycles. The van der Waals surface area contributed by atoms with Crippen molar-refractivity contribution in [3.8, 4) is 12.1 Å². The third kappa shape index (κ3) is 2.81. The highest BCUT2D eigenvalue weighted by molar-refractivity contribution is 7.99. The molecule has 0 spiro atoms. The second-order valence-electron chi connectivity index (χ2n) is 5.49. The second-order valence-corrected chi connectivity index (χ2v) is 6.62. The Labute approximate surface area is 133 Å². The molecule has 1 N–H and O–H groups in total. The van der Waals surface area contributed by atoms with Crippen molar-refractivity contribution < 1.29 is 4.79 Å². The summed E-state index contributed by atoms with van der Waals surface area (Å²) in [6.07, 6.45) is 1.68. The van der Waals surface area contributed by atoms with Crippen molar-refractivity contribution in [2.24, 2.45) is 0 Å². The van der Waals surface area contributed by atoms with E-state index in [-0.39, 0.29) is 23.4 Å². The first-order chi connectivity index (χ1) is 10.7. The van der Waals surface area contributed by atoms with Crippen LogP contribution in [0.4, 0.5) is 0 Å². The number of nitriles is 2. The van der Waals surface area contributed by atoms with Gasteiger partial charge in [0.2, 0.25) is 5.91 Å². The van der Waals surface area contributed by atoms with Crippen molar-refractivity contribution >= 4 is 17.7 Å². The lowest BCUT2D eigenvalue weighted by Gasteiger charge is -2.23. The molecule has 112 valence electrons. The minimum absolute atomic E-state index is 0.0349. The molecule has 0 bridgehead atoms. The summed E-state index contributed by atoms with van der Waals surface area (Å²) in [6, 6.07) is 11.2. The zero-order chi connectivity index (χ0) is 15.5. The number of rotatable bonds is 2. The number of benzene rings is 1. The van der Waals surface area contributed by atoms with Gasteiger partial charge in [-0.3, -0.25) is 10.1 Å². The Hall–Kier alpha value is -2.02. The number of thioether (sulfide) groups is 1. The minimum Gasteiger partial charge on any atom is -0.325 e. The van der Waals surface area contributed by atoms with Crippen LogP contribution in [0, 0.1) is 22.7 Å². The van der Waals surface area contributed by atoms with Gasteiger partial charge in [-0.05, 0) is 30.5 Å². The summed E-state index contributed by atoms with van der Waals surface area (Å²) < 4.78 is 0. The van der Waals surface area contributed by atoms with Crippen LogP contribution in [0.1, 0.15) is 29.3 Å². The van der Waals surface area contributed by atoms with Crippen LogP contribution in [0.2, 0.25) is 0 Å². The Morgan fingerprint density at radius 1 is 1.32 bits per heavy atom. The zero-order valence-electron chi connectivity index (χ0n) is 12.0. The van der Waals surface area contributed by atoms with Gasteiger partial charge in [0, 0.05) is 12.3 Å². The maximum Gasteiger partial charge on any atom is 0.241 e. The number of nitrogens with zero attached hydrogens (tertiary/aromatic N) is 3. The molecule has 2 saturated heterocycles. The van der Waals surface area contributed by atoms with Crippen LogP contribution in [0.5, 0.6) is 0 Å². The van der Waals surface area contributed by atoms with Crippen LogP contribution in [0.25, 0.3) is 0 Å². The quantitative estimate of drug-likeness (QED) is 0.900. The molecule has 22 heavy (non-hydrogen) atoms. The summed E-state index contributed by atoms with van der Waals surface area (Å²) in [5.74, 6) is 0.741. The molecule has 5 nitrogen and oxygen atoms in total. The first kappa shape index (κ1) is 14.9. The molecule has 3 atom stereocenters. The summed E-state index contributed by atoms with van der Waals surface area (Å²) in [5, 5.41) is 21.3. The SMILES string of the molecule is N#Cc1ccc(C2N[C@H](C(=O)N3CCC[C@H]3C#N)CS2)cc1. The van der Waals surface area contributed by atoms with E-state index < -0.39 is 0 Å². The maximum atomic E-state index is 12.6. The third-order valence-electron chi connectivity index (χ3n) is 4.11. The summed E-state index contributed by atoms with van der Waals surface area (Å²) >= 11 is 1.69. The monoisotopic (exact) mass is 312 g/mol. The van der Waals surface area contributed by atoms with E-state index >= 15 is 0 Å². The van der Waals surface area contributed by atoms with Gasteiger partial charge in [-0.15, -0.1) is 11.8 Å². The number of hydrogen-bond donors (Lipinski definition) is 1. The van der Waals surface area contributed by atoms with Crippen LogP contribution < -0.4 is 5.32 Å². The summed E-state index contributed by atoms with van der Waals surface area (Å²) in [6.45, 7) is 0.682. The molecular formula is C16H16N4OS. The molecule has 6 heteroatoms. The molecule has 1 amide bonds. The molecule has 2 fully saturated rings. The van der Waals surface area contributed by atoms with Crippen molar-refractivity contribution in [1.29, 1.82) is 10.5 Å². The van der Waals surface area contributed by atoms with Gasteiger partial charge < -0.3 is 4.90 Å². The van der Waals surface area contributed by atoms with Crippen molar-refractivity contribution in [3.05, 3.63) is 35.4 Å². The normalized spacial score (nSPS) is 27.4. The molecule has 1 aromatic carbocycles. The van der Waals surface area contributed by atoms with Gasteiger partial charge in [-0.25, -0.2) is 0 Å². The van der Waals surface area contributed by atoms with E-state index in [1.54, 1.807) is 28.8 Å². The lowest BCUT2D eigenvalue weighted by molar-refractivity contribution is -0.132. The molecule has 0 aliphatic carbocycles. The molecule has 3 rings (SSSR count). The van der Waals surface area contributed by atoms with Crippen molar-refractivity contribution in [2.45, 2.75) is 30.3 Å². The van der Waals surface area contributed by atoms with E-state index in [2.05, 4.69) is 17.5 Å². The Kier molecular flexibility index (Phi) is 4.33. The highest BCUT2D eigenvalue weighted by Crippen LogP contribution is 2.34. The minimum atomic E-state index is -0.270. The van der Waals surface area contributed by atoms with Gasteiger partial charge in [0.05, 0.1) is 29.1 Å². The molecule has 2 aliphatic rings. The predicted octanol–water partition coefficient (Wildman–Crippen LogP) is 1.78. The number of amides is 1. The van der Waals surface area contributed by atoms with Gasteiger partial charge in [0.25, 0.3) is 0 Å². The third-order valence-corrected chi connectivity index (χ3v) is 5.38. The van der Waals surface area contributed by atoms with Crippen LogP contribution in [-0.2, 0) is 4.79 Å². The molecule has 1 aromatic rings. The number of likely N-dealkylation sites (tertiary alicyclic amines) is 1. The van der Waals surface area contributed by atoms with Crippen molar-refractivity contribution in [1.82, 2.24) is 10.2 Å². The standard InChI is InChI=1S/C16H16N4OS/c17-8-11-3-5-12(6-4-11)15-19-14(10-22-15)16(21)20-7-1-2-13(20)9-18/h3-6,13-15,19H,1-2,7,10H2/t13-,14-,15?/m0/s1. The highest BCUT2D eigenvalue weighted by Gasteiger charge is 2.37. The van der Waals surface area contributed by atoms with E-state index in [1.807, 2.05) is 12.1 Å². The first-order valence-electron chi connectivity index (χ1n) is 7.30.